The molecule has 1 aromatic rings. The van der Waals surface area contributed by atoms with Crippen molar-refractivity contribution in [3.8, 4) is 5.75 Å². The first-order valence-corrected chi connectivity index (χ1v) is 7.32. The maximum absolute atomic E-state index is 13.8. The molecule has 1 aliphatic heterocycles. The molecule has 104 valence electrons. The van der Waals surface area contributed by atoms with Crippen molar-refractivity contribution < 1.29 is 13.9 Å². The van der Waals surface area contributed by atoms with Gasteiger partial charge in [0.05, 0.1) is 16.7 Å². The third-order valence-corrected chi connectivity index (χ3v) is 4.74. The number of aromatic nitrogens is 1. The van der Waals surface area contributed by atoms with Gasteiger partial charge in [0, 0.05) is 23.4 Å². The maximum atomic E-state index is 13.8. The summed E-state index contributed by atoms with van der Waals surface area (Å²) in [6.45, 7) is 0. The van der Waals surface area contributed by atoms with Crippen LogP contribution in [-0.4, -0.2) is 21.9 Å². The average Bonchev–Trinajstić information content (AvgIpc) is 3.00. The first kappa shape index (κ1) is 13.4. The summed E-state index contributed by atoms with van der Waals surface area (Å²) in [4.78, 5) is 15.1. The number of fused-ring (bicyclic) bond motifs is 1. The Morgan fingerprint density at radius 1 is 1.45 bits per heavy atom. The number of carbonyl (C=O) groups excluding carboxylic acids is 1. The van der Waals surface area contributed by atoms with E-state index >= 15 is 0 Å². The van der Waals surface area contributed by atoms with E-state index < -0.39 is 0 Å². The van der Waals surface area contributed by atoms with Gasteiger partial charge in [-0.1, -0.05) is 22.6 Å². The predicted molar refractivity (Wildman–Crippen MR) is 82.0 cm³/mol. The molecule has 1 amide bonds. The summed E-state index contributed by atoms with van der Waals surface area (Å²) in [6.07, 6.45) is 6.49. The Morgan fingerprint density at radius 3 is 3.00 bits per heavy atom. The second kappa shape index (κ2) is 5.08. The molecule has 0 aromatic carbocycles. The summed E-state index contributed by atoms with van der Waals surface area (Å²) in [5.74, 6) is -0.0384. The van der Waals surface area contributed by atoms with Crippen molar-refractivity contribution in [2.24, 2.45) is 5.92 Å². The summed E-state index contributed by atoms with van der Waals surface area (Å²) in [6, 6.07) is 1.78. The zero-order valence-electron chi connectivity index (χ0n) is 10.6. The highest BCUT2D eigenvalue weighted by Crippen LogP contribution is 2.41. The van der Waals surface area contributed by atoms with Crippen LogP contribution in [0.5, 0.6) is 5.75 Å². The van der Waals surface area contributed by atoms with Crippen LogP contribution in [0.1, 0.15) is 5.69 Å². The number of amides is 1. The number of aromatic amines is 1. The Labute approximate surface area is 128 Å². The molecule has 2 heterocycles. The molecule has 2 aliphatic rings. The van der Waals surface area contributed by atoms with Crippen molar-refractivity contribution >= 4 is 34.6 Å². The minimum absolute atomic E-state index is 0.192. The first-order valence-electron chi connectivity index (χ1n) is 6.07. The Morgan fingerprint density at radius 2 is 2.25 bits per heavy atom. The number of carbonyl (C=O) groups is 1. The lowest BCUT2D eigenvalue weighted by Crippen LogP contribution is -2.20. The van der Waals surface area contributed by atoms with Gasteiger partial charge in [-0.25, -0.2) is 4.39 Å². The van der Waals surface area contributed by atoms with Crippen molar-refractivity contribution in [1.29, 1.82) is 0 Å². The Kier molecular flexibility index (Phi) is 3.41. The second-order valence-corrected chi connectivity index (χ2v) is 5.91. The lowest BCUT2D eigenvalue weighted by atomic mass is 9.91. The van der Waals surface area contributed by atoms with E-state index in [0.29, 0.717) is 17.0 Å². The van der Waals surface area contributed by atoms with Gasteiger partial charge >= 0.3 is 0 Å². The standard InChI is InChI=1S/C14H12FIN2O2/c1-20-11-4-5-17-10(11)6-7-12-9(18-14(7)19)3-2-8(15)13(12)16/h2-6,12-13,17H,1H3,(H,18,19). The van der Waals surface area contributed by atoms with E-state index in [1.54, 1.807) is 31.5 Å². The number of rotatable bonds is 2. The van der Waals surface area contributed by atoms with Gasteiger partial charge in [0.15, 0.2) is 0 Å². The molecule has 0 radical (unpaired) electrons. The minimum Gasteiger partial charge on any atom is -0.495 e. The summed E-state index contributed by atoms with van der Waals surface area (Å²) in [5, 5.41) is 2.79. The fraction of sp³-hybridized carbons (Fsp3) is 0.214. The summed E-state index contributed by atoms with van der Waals surface area (Å²) < 4.78 is 18.6. The van der Waals surface area contributed by atoms with Gasteiger partial charge in [-0.2, -0.15) is 0 Å². The van der Waals surface area contributed by atoms with Gasteiger partial charge in [0.2, 0.25) is 0 Å². The van der Waals surface area contributed by atoms with Crippen LogP contribution < -0.4 is 10.1 Å². The number of ether oxygens (including phenoxy) is 1. The van der Waals surface area contributed by atoms with Crippen molar-refractivity contribution in [2.75, 3.05) is 7.11 Å². The Bertz CT molecular complexity index is 660. The third-order valence-electron chi connectivity index (χ3n) is 3.43. The average molecular weight is 386 g/mol. The number of nitrogens with one attached hydrogen (secondary N) is 2. The van der Waals surface area contributed by atoms with Crippen LogP contribution in [0.15, 0.2) is 41.5 Å². The number of alkyl halides is 1. The quantitative estimate of drug-likeness (QED) is 0.467. The van der Waals surface area contributed by atoms with Gasteiger partial charge in [0.1, 0.15) is 11.6 Å². The van der Waals surface area contributed by atoms with Crippen LogP contribution in [0.4, 0.5) is 4.39 Å². The molecule has 1 saturated heterocycles. The smallest absolute Gasteiger partial charge is 0.252 e. The molecule has 2 unspecified atom stereocenters. The van der Waals surface area contributed by atoms with Crippen LogP contribution in [0, 0.1) is 5.92 Å². The molecule has 0 bridgehead atoms. The van der Waals surface area contributed by atoms with Crippen molar-refractivity contribution in [2.45, 2.75) is 3.92 Å². The van der Waals surface area contributed by atoms with E-state index in [2.05, 4.69) is 10.3 Å². The first-order chi connectivity index (χ1) is 9.61. The monoisotopic (exact) mass is 386 g/mol. The Balaban J connectivity index is 2.03. The molecule has 6 heteroatoms. The van der Waals surface area contributed by atoms with Crippen LogP contribution >= 0.6 is 22.6 Å². The van der Waals surface area contributed by atoms with Gasteiger partial charge in [0.25, 0.3) is 5.91 Å². The lowest BCUT2D eigenvalue weighted by molar-refractivity contribution is -0.115. The zero-order valence-corrected chi connectivity index (χ0v) is 12.8. The molecule has 4 nitrogen and oxygen atoms in total. The zero-order chi connectivity index (χ0) is 14.3. The molecule has 1 fully saturated rings. The second-order valence-electron chi connectivity index (χ2n) is 4.57. The molecule has 2 N–H and O–H groups in total. The van der Waals surface area contributed by atoms with E-state index in [4.69, 9.17) is 4.74 Å². The molecule has 0 spiro atoms. The molecule has 20 heavy (non-hydrogen) atoms. The normalized spacial score (nSPS) is 26.9. The lowest BCUT2D eigenvalue weighted by Gasteiger charge is -2.20. The molecule has 3 rings (SSSR count). The van der Waals surface area contributed by atoms with Crippen LogP contribution in [0.3, 0.4) is 0 Å². The topological polar surface area (TPSA) is 54.1 Å². The van der Waals surface area contributed by atoms with Gasteiger partial charge in [-0.15, -0.1) is 0 Å². The highest BCUT2D eigenvalue weighted by Gasteiger charge is 2.40. The largest absolute Gasteiger partial charge is 0.495 e. The van der Waals surface area contributed by atoms with Crippen molar-refractivity contribution in [3.05, 3.63) is 47.2 Å². The highest BCUT2D eigenvalue weighted by atomic mass is 127. The molecule has 1 aromatic heterocycles. The van der Waals surface area contributed by atoms with E-state index in [0.717, 1.165) is 5.70 Å². The van der Waals surface area contributed by atoms with Crippen LogP contribution in [-0.2, 0) is 4.79 Å². The van der Waals surface area contributed by atoms with Gasteiger partial charge in [-0.3, -0.25) is 4.79 Å². The molecular weight excluding hydrogens is 374 g/mol. The summed E-state index contributed by atoms with van der Waals surface area (Å²) in [7, 11) is 1.56. The number of hydrogen-bond donors (Lipinski definition) is 2. The third kappa shape index (κ3) is 2.07. The summed E-state index contributed by atoms with van der Waals surface area (Å²) in [5.41, 5.74) is 1.99. The summed E-state index contributed by atoms with van der Waals surface area (Å²) >= 11 is 2.03. The number of halogens is 2. The Hall–Kier alpha value is -1.57. The van der Waals surface area contributed by atoms with E-state index in [1.165, 1.54) is 6.08 Å². The maximum Gasteiger partial charge on any atom is 0.252 e. The van der Waals surface area contributed by atoms with Crippen LogP contribution in [0.25, 0.3) is 6.08 Å². The highest BCUT2D eigenvalue weighted by molar-refractivity contribution is 14.1. The number of hydrogen-bond acceptors (Lipinski definition) is 2. The number of allylic oxidation sites excluding steroid dienone is 4. The van der Waals surface area contributed by atoms with Crippen molar-refractivity contribution in [3.63, 3.8) is 0 Å². The fourth-order valence-corrected chi connectivity index (χ4v) is 3.42. The molecule has 0 saturated carbocycles. The minimum atomic E-state index is -0.376. The van der Waals surface area contributed by atoms with Crippen LogP contribution in [0.2, 0.25) is 0 Å². The van der Waals surface area contributed by atoms with E-state index in [-0.39, 0.29) is 21.6 Å². The van der Waals surface area contributed by atoms with E-state index in [9.17, 15) is 9.18 Å². The fourth-order valence-electron chi connectivity index (χ4n) is 2.44. The number of H-pyrrole nitrogens is 1. The van der Waals surface area contributed by atoms with Gasteiger partial charge < -0.3 is 15.0 Å². The van der Waals surface area contributed by atoms with E-state index in [1.807, 2.05) is 22.6 Å². The SMILES string of the molecule is COc1cc[nH]c1C=C1C(=O)NC2=CC=C(F)C(I)C21. The number of methoxy groups -OCH3 is 1. The predicted octanol–water partition coefficient (Wildman–Crippen LogP) is 2.71. The van der Waals surface area contributed by atoms with Crippen molar-refractivity contribution in [1.82, 2.24) is 10.3 Å². The molecular formula is C14H12FIN2O2. The molecule has 2 atom stereocenters. The van der Waals surface area contributed by atoms with Gasteiger partial charge in [-0.05, 0) is 24.3 Å². The molecule has 1 aliphatic carbocycles.